The molecule has 1 atom stereocenters. The molecule has 1 aliphatic carbocycles. The Bertz CT molecular complexity index is 480. The third-order valence-electron chi connectivity index (χ3n) is 5.58. The van der Waals surface area contributed by atoms with E-state index < -0.39 is 0 Å². The predicted octanol–water partition coefficient (Wildman–Crippen LogP) is 5.25. The molecule has 1 saturated carbocycles. The van der Waals surface area contributed by atoms with Crippen LogP contribution in [0.4, 0.5) is 0 Å². The lowest BCUT2D eigenvalue weighted by molar-refractivity contribution is -0.147. The van der Waals surface area contributed by atoms with Crippen molar-refractivity contribution in [1.29, 1.82) is 0 Å². The first-order valence-electron chi connectivity index (χ1n) is 9.77. The van der Waals surface area contributed by atoms with Crippen molar-refractivity contribution < 1.29 is 9.53 Å². The molecule has 0 radical (unpaired) electrons. The number of ether oxygens (including phenoxy) is 1. The van der Waals surface area contributed by atoms with E-state index in [1.807, 2.05) is 0 Å². The SMILES string of the molecule is Cl.O=C(OCCN1CCCCCC1)C(c1cccs1)C1CCCCC1. The monoisotopic (exact) mass is 385 g/mol. The molecule has 0 N–H and O–H groups in total. The Hall–Kier alpha value is -0.580. The number of rotatable bonds is 6. The molecular formula is C20H32ClNO2S. The van der Waals surface area contributed by atoms with Crippen molar-refractivity contribution in [3.8, 4) is 0 Å². The molecule has 2 fully saturated rings. The first-order chi connectivity index (χ1) is 11.8. The lowest BCUT2D eigenvalue weighted by atomic mass is 9.79. The fourth-order valence-corrected chi connectivity index (χ4v) is 5.11. The van der Waals surface area contributed by atoms with E-state index in [1.165, 1.54) is 62.7 Å². The molecule has 25 heavy (non-hydrogen) atoms. The summed E-state index contributed by atoms with van der Waals surface area (Å²) in [6.45, 7) is 3.77. The minimum absolute atomic E-state index is 0. The van der Waals surface area contributed by atoms with Gasteiger partial charge in [0, 0.05) is 11.4 Å². The number of hydrogen-bond donors (Lipinski definition) is 0. The van der Waals surface area contributed by atoms with E-state index in [0.29, 0.717) is 12.5 Å². The van der Waals surface area contributed by atoms with Crippen molar-refractivity contribution in [3.05, 3.63) is 22.4 Å². The number of thiophene rings is 1. The van der Waals surface area contributed by atoms with Crippen molar-refractivity contribution in [2.24, 2.45) is 5.92 Å². The number of likely N-dealkylation sites (tertiary alicyclic amines) is 1. The maximum absolute atomic E-state index is 12.8. The molecular weight excluding hydrogens is 354 g/mol. The smallest absolute Gasteiger partial charge is 0.314 e. The average molecular weight is 386 g/mol. The second-order valence-electron chi connectivity index (χ2n) is 7.31. The first-order valence-corrected chi connectivity index (χ1v) is 10.6. The standard InChI is InChI=1S/C20H31NO2S.ClH/c22-20(23-15-14-21-12-6-1-2-7-13-21)19(18-11-8-16-24-18)17-9-4-3-5-10-17;/h8,11,16-17,19H,1-7,9-10,12-15H2;1H. The van der Waals surface area contributed by atoms with Gasteiger partial charge in [-0.1, -0.05) is 38.2 Å². The van der Waals surface area contributed by atoms with Gasteiger partial charge in [0.1, 0.15) is 6.61 Å². The van der Waals surface area contributed by atoms with E-state index in [2.05, 4.69) is 22.4 Å². The van der Waals surface area contributed by atoms with Crippen molar-refractivity contribution in [2.75, 3.05) is 26.2 Å². The van der Waals surface area contributed by atoms with E-state index in [4.69, 9.17) is 4.74 Å². The maximum Gasteiger partial charge on any atom is 0.314 e. The normalized spacial score (nSPS) is 21.1. The van der Waals surface area contributed by atoms with Crippen LogP contribution in [0.15, 0.2) is 17.5 Å². The minimum Gasteiger partial charge on any atom is -0.464 e. The van der Waals surface area contributed by atoms with Crippen LogP contribution in [-0.2, 0) is 9.53 Å². The average Bonchev–Trinajstić information content (AvgIpc) is 3.00. The van der Waals surface area contributed by atoms with Gasteiger partial charge in [-0.25, -0.2) is 0 Å². The summed E-state index contributed by atoms with van der Waals surface area (Å²) in [6.07, 6.45) is 11.4. The van der Waals surface area contributed by atoms with Crippen LogP contribution in [0.3, 0.4) is 0 Å². The fourth-order valence-electron chi connectivity index (χ4n) is 4.20. The summed E-state index contributed by atoms with van der Waals surface area (Å²) >= 11 is 1.71. The highest BCUT2D eigenvalue weighted by atomic mass is 35.5. The second kappa shape index (κ2) is 11.2. The highest BCUT2D eigenvalue weighted by Crippen LogP contribution is 2.38. The molecule has 0 amide bonds. The summed E-state index contributed by atoms with van der Waals surface area (Å²) in [6, 6.07) is 4.17. The first kappa shape index (κ1) is 20.7. The number of halogens is 1. The second-order valence-corrected chi connectivity index (χ2v) is 8.29. The van der Waals surface area contributed by atoms with E-state index >= 15 is 0 Å². The van der Waals surface area contributed by atoms with Gasteiger partial charge in [0.2, 0.25) is 0 Å². The zero-order valence-electron chi connectivity index (χ0n) is 15.2. The Morgan fingerprint density at radius 1 is 1.12 bits per heavy atom. The number of esters is 1. The van der Waals surface area contributed by atoms with Gasteiger partial charge in [0.25, 0.3) is 0 Å². The lowest BCUT2D eigenvalue weighted by Gasteiger charge is -2.28. The van der Waals surface area contributed by atoms with Gasteiger partial charge in [0.15, 0.2) is 0 Å². The molecule has 1 aromatic heterocycles. The molecule has 2 aliphatic rings. The molecule has 142 valence electrons. The predicted molar refractivity (Wildman–Crippen MR) is 107 cm³/mol. The summed E-state index contributed by atoms with van der Waals surface area (Å²) < 4.78 is 5.75. The molecule has 0 spiro atoms. The number of carbonyl (C=O) groups is 1. The Morgan fingerprint density at radius 2 is 1.80 bits per heavy atom. The number of carbonyl (C=O) groups excluding carboxylic acids is 1. The summed E-state index contributed by atoms with van der Waals surface area (Å²) in [5.74, 6) is 0.455. The molecule has 1 aliphatic heterocycles. The van der Waals surface area contributed by atoms with Crippen LogP contribution in [0.1, 0.15) is 68.6 Å². The van der Waals surface area contributed by atoms with Gasteiger partial charge >= 0.3 is 5.97 Å². The van der Waals surface area contributed by atoms with Crippen LogP contribution in [-0.4, -0.2) is 37.1 Å². The van der Waals surface area contributed by atoms with Crippen LogP contribution in [0, 0.1) is 5.92 Å². The summed E-state index contributed by atoms with van der Waals surface area (Å²) in [7, 11) is 0. The number of hydrogen-bond acceptors (Lipinski definition) is 4. The van der Waals surface area contributed by atoms with E-state index in [0.717, 1.165) is 19.6 Å². The van der Waals surface area contributed by atoms with E-state index in [-0.39, 0.29) is 24.3 Å². The van der Waals surface area contributed by atoms with E-state index in [9.17, 15) is 4.79 Å². The van der Waals surface area contributed by atoms with Crippen molar-refractivity contribution in [3.63, 3.8) is 0 Å². The quantitative estimate of drug-likeness (QED) is 0.626. The topological polar surface area (TPSA) is 29.5 Å². The molecule has 0 bridgehead atoms. The summed E-state index contributed by atoms with van der Waals surface area (Å²) in [5, 5.41) is 2.08. The summed E-state index contributed by atoms with van der Waals surface area (Å²) in [5.41, 5.74) is 0. The lowest BCUT2D eigenvalue weighted by Crippen LogP contribution is -2.31. The van der Waals surface area contributed by atoms with Crippen molar-refractivity contribution in [2.45, 2.75) is 63.7 Å². The summed E-state index contributed by atoms with van der Waals surface area (Å²) in [4.78, 5) is 16.5. The number of nitrogens with zero attached hydrogens (tertiary/aromatic N) is 1. The van der Waals surface area contributed by atoms with Crippen LogP contribution >= 0.6 is 23.7 Å². The Balaban J connectivity index is 0.00000225. The third kappa shape index (κ3) is 6.26. The Labute approximate surface area is 162 Å². The fraction of sp³-hybridized carbons (Fsp3) is 0.750. The van der Waals surface area contributed by atoms with Gasteiger partial charge in [-0.2, -0.15) is 0 Å². The third-order valence-corrected chi connectivity index (χ3v) is 6.53. The van der Waals surface area contributed by atoms with Crippen LogP contribution in [0.5, 0.6) is 0 Å². The van der Waals surface area contributed by atoms with Crippen LogP contribution < -0.4 is 0 Å². The zero-order valence-corrected chi connectivity index (χ0v) is 16.8. The van der Waals surface area contributed by atoms with Gasteiger partial charge < -0.3 is 4.74 Å². The molecule has 0 aromatic carbocycles. The van der Waals surface area contributed by atoms with Crippen molar-refractivity contribution in [1.82, 2.24) is 4.90 Å². The van der Waals surface area contributed by atoms with Gasteiger partial charge in [-0.15, -0.1) is 23.7 Å². The van der Waals surface area contributed by atoms with Gasteiger partial charge in [-0.3, -0.25) is 9.69 Å². The van der Waals surface area contributed by atoms with Crippen molar-refractivity contribution >= 4 is 29.7 Å². The highest BCUT2D eigenvalue weighted by molar-refractivity contribution is 7.10. The molecule has 1 unspecified atom stereocenters. The van der Waals surface area contributed by atoms with Crippen LogP contribution in [0.2, 0.25) is 0 Å². The van der Waals surface area contributed by atoms with Gasteiger partial charge in [-0.05, 0) is 56.1 Å². The minimum atomic E-state index is -0.0329. The molecule has 1 aromatic rings. The van der Waals surface area contributed by atoms with Gasteiger partial charge in [0.05, 0.1) is 5.92 Å². The zero-order chi connectivity index (χ0) is 16.6. The Kier molecular flexibility index (Phi) is 9.29. The Morgan fingerprint density at radius 3 is 2.44 bits per heavy atom. The highest BCUT2D eigenvalue weighted by Gasteiger charge is 2.33. The molecule has 3 rings (SSSR count). The molecule has 3 nitrogen and oxygen atoms in total. The maximum atomic E-state index is 12.8. The largest absolute Gasteiger partial charge is 0.464 e. The molecule has 2 heterocycles. The molecule has 5 heteroatoms. The van der Waals surface area contributed by atoms with Crippen LogP contribution in [0.25, 0.3) is 0 Å². The van der Waals surface area contributed by atoms with E-state index in [1.54, 1.807) is 11.3 Å². The molecule has 1 saturated heterocycles.